The van der Waals surface area contributed by atoms with Crippen LogP contribution in [0.15, 0.2) is 24.3 Å². The molecular weight excluding hydrogens is 228 g/mol. The molecule has 1 aromatic rings. The molecule has 0 fully saturated rings. The molecule has 0 saturated carbocycles. The second-order valence-corrected chi connectivity index (χ2v) is 6.05. The molecule has 0 N–H and O–H groups in total. The van der Waals surface area contributed by atoms with Crippen molar-refractivity contribution in [2.24, 2.45) is 11.8 Å². The summed E-state index contributed by atoms with van der Waals surface area (Å²) in [6.45, 7) is 9.08. The van der Waals surface area contributed by atoms with E-state index in [1.165, 1.54) is 17.5 Å². The third kappa shape index (κ3) is 4.71. The summed E-state index contributed by atoms with van der Waals surface area (Å²) >= 11 is 5.89. The van der Waals surface area contributed by atoms with Crippen LogP contribution in [0.4, 0.5) is 0 Å². The lowest BCUT2D eigenvalue weighted by Gasteiger charge is -2.20. The zero-order valence-corrected chi connectivity index (χ0v) is 12.3. The predicted octanol–water partition coefficient (Wildman–Crippen LogP) is 5.25. The van der Waals surface area contributed by atoms with Gasteiger partial charge in [-0.1, -0.05) is 52.0 Å². The van der Waals surface area contributed by atoms with E-state index in [-0.39, 0.29) is 0 Å². The Kier molecular flexibility index (Phi) is 6.05. The Bertz CT molecular complexity index is 311. The topological polar surface area (TPSA) is 0 Å². The van der Waals surface area contributed by atoms with Gasteiger partial charge in [-0.25, -0.2) is 0 Å². The molecule has 1 rings (SSSR count). The molecule has 0 bridgehead atoms. The van der Waals surface area contributed by atoms with E-state index in [2.05, 4.69) is 52.0 Å². The molecule has 1 aromatic carbocycles. The Balaban J connectivity index is 2.77. The van der Waals surface area contributed by atoms with Crippen LogP contribution in [0.3, 0.4) is 0 Å². The molecule has 0 aliphatic heterocycles. The van der Waals surface area contributed by atoms with Gasteiger partial charge in [-0.2, -0.15) is 0 Å². The second-order valence-electron chi connectivity index (χ2n) is 5.67. The van der Waals surface area contributed by atoms with Gasteiger partial charge in [0.15, 0.2) is 0 Å². The Morgan fingerprint density at radius 1 is 1.00 bits per heavy atom. The number of rotatable bonds is 6. The zero-order valence-electron chi connectivity index (χ0n) is 11.5. The highest BCUT2D eigenvalue weighted by Gasteiger charge is 2.14. The predicted molar refractivity (Wildman–Crippen MR) is 77.9 cm³/mol. The molecule has 1 heteroatoms. The van der Waals surface area contributed by atoms with Crippen LogP contribution in [-0.4, -0.2) is 5.88 Å². The third-order valence-electron chi connectivity index (χ3n) is 3.28. The summed E-state index contributed by atoms with van der Waals surface area (Å²) in [7, 11) is 0. The van der Waals surface area contributed by atoms with Crippen molar-refractivity contribution in [3.8, 4) is 0 Å². The fourth-order valence-corrected chi connectivity index (χ4v) is 2.61. The summed E-state index contributed by atoms with van der Waals surface area (Å²) in [4.78, 5) is 0. The van der Waals surface area contributed by atoms with Gasteiger partial charge in [0.25, 0.3) is 0 Å². The normalized spacial score (nSPS) is 13.4. The first-order valence-corrected chi connectivity index (χ1v) is 7.22. The summed E-state index contributed by atoms with van der Waals surface area (Å²) in [6, 6.07) is 9.13. The number of alkyl halides is 1. The lowest BCUT2D eigenvalue weighted by molar-refractivity contribution is 0.487. The lowest BCUT2D eigenvalue weighted by atomic mass is 9.85. The van der Waals surface area contributed by atoms with Gasteiger partial charge >= 0.3 is 0 Å². The van der Waals surface area contributed by atoms with Gasteiger partial charge in [-0.05, 0) is 41.7 Å². The van der Waals surface area contributed by atoms with Crippen molar-refractivity contribution in [3.63, 3.8) is 0 Å². The Morgan fingerprint density at radius 3 is 2.00 bits per heavy atom. The van der Waals surface area contributed by atoms with Gasteiger partial charge < -0.3 is 0 Å². The molecule has 1 unspecified atom stereocenters. The smallest absolute Gasteiger partial charge is 0.0229 e. The minimum atomic E-state index is 0.598. The highest BCUT2D eigenvalue weighted by molar-refractivity contribution is 6.17. The summed E-state index contributed by atoms with van der Waals surface area (Å²) in [5.74, 6) is 2.73. The first-order chi connectivity index (χ1) is 8.04. The monoisotopic (exact) mass is 252 g/mol. The molecule has 0 heterocycles. The highest BCUT2D eigenvalue weighted by atomic mass is 35.5. The minimum Gasteiger partial charge on any atom is -0.127 e. The molecule has 0 saturated heterocycles. The van der Waals surface area contributed by atoms with E-state index in [0.717, 1.165) is 18.2 Å². The van der Waals surface area contributed by atoms with Crippen molar-refractivity contribution < 1.29 is 0 Å². The maximum absolute atomic E-state index is 5.89. The summed E-state index contributed by atoms with van der Waals surface area (Å²) in [5.41, 5.74) is 2.88. The molecule has 0 aromatic heterocycles. The zero-order chi connectivity index (χ0) is 12.8. The van der Waals surface area contributed by atoms with Crippen molar-refractivity contribution in [2.75, 3.05) is 5.88 Å². The van der Waals surface area contributed by atoms with Gasteiger partial charge in [-0.15, -0.1) is 11.6 Å². The summed E-state index contributed by atoms with van der Waals surface area (Å²) < 4.78 is 0. The van der Waals surface area contributed by atoms with Crippen molar-refractivity contribution in [1.82, 2.24) is 0 Å². The Labute approximate surface area is 111 Å². The van der Waals surface area contributed by atoms with Crippen LogP contribution in [0.25, 0.3) is 0 Å². The fourth-order valence-electron chi connectivity index (χ4n) is 2.37. The number of hydrogen-bond acceptors (Lipinski definition) is 0. The summed E-state index contributed by atoms with van der Waals surface area (Å²) in [6.07, 6.45) is 2.24. The van der Waals surface area contributed by atoms with Crippen LogP contribution in [0, 0.1) is 11.8 Å². The molecule has 0 spiro atoms. The standard InChI is InChI=1S/C16H25Cl/c1-12(2)11-14-5-7-15(8-6-14)16(9-10-17)13(3)4/h5-8,12-13,16H,9-11H2,1-4H3. The van der Waals surface area contributed by atoms with Gasteiger partial charge in [-0.3, -0.25) is 0 Å². The number of halogens is 1. The maximum atomic E-state index is 5.89. The van der Waals surface area contributed by atoms with E-state index in [9.17, 15) is 0 Å². The molecule has 0 radical (unpaired) electrons. The van der Waals surface area contributed by atoms with E-state index >= 15 is 0 Å². The Hall–Kier alpha value is -0.490. The van der Waals surface area contributed by atoms with E-state index in [1.807, 2.05) is 0 Å². The van der Waals surface area contributed by atoms with Crippen molar-refractivity contribution >= 4 is 11.6 Å². The average molecular weight is 253 g/mol. The quantitative estimate of drug-likeness (QED) is 0.607. The first kappa shape index (κ1) is 14.6. The van der Waals surface area contributed by atoms with E-state index in [4.69, 9.17) is 11.6 Å². The maximum Gasteiger partial charge on any atom is 0.0229 e. The Morgan fingerprint density at radius 2 is 1.59 bits per heavy atom. The summed E-state index contributed by atoms with van der Waals surface area (Å²) in [5, 5.41) is 0. The average Bonchev–Trinajstić information content (AvgIpc) is 2.26. The van der Waals surface area contributed by atoms with E-state index in [1.54, 1.807) is 0 Å². The number of benzene rings is 1. The fraction of sp³-hybridized carbons (Fsp3) is 0.625. The number of hydrogen-bond donors (Lipinski definition) is 0. The van der Waals surface area contributed by atoms with Gasteiger partial charge in [0.2, 0.25) is 0 Å². The highest BCUT2D eigenvalue weighted by Crippen LogP contribution is 2.28. The minimum absolute atomic E-state index is 0.598. The molecule has 96 valence electrons. The van der Waals surface area contributed by atoms with Gasteiger partial charge in [0.05, 0.1) is 0 Å². The van der Waals surface area contributed by atoms with Crippen molar-refractivity contribution in [1.29, 1.82) is 0 Å². The third-order valence-corrected chi connectivity index (χ3v) is 3.49. The van der Waals surface area contributed by atoms with Crippen LogP contribution >= 0.6 is 11.6 Å². The van der Waals surface area contributed by atoms with Crippen LogP contribution in [0.1, 0.15) is 51.2 Å². The van der Waals surface area contributed by atoms with Crippen molar-refractivity contribution in [3.05, 3.63) is 35.4 Å². The lowest BCUT2D eigenvalue weighted by Crippen LogP contribution is -2.07. The van der Waals surface area contributed by atoms with Crippen LogP contribution in [0.2, 0.25) is 0 Å². The molecule has 1 atom stereocenters. The second kappa shape index (κ2) is 7.06. The van der Waals surface area contributed by atoms with Gasteiger partial charge in [0, 0.05) is 5.88 Å². The molecule has 17 heavy (non-hydrogen) atoms. The first-order valence-electron chi connectivity index (χ1n) is 6.69. The molecule has 0 aliphatic carbocycles. The molecule has 0 amide bonds. The molecule has 0 nitrogen and oxygen atoms in total. The van der Waals surface area contributed by atoms with Crippen LogP contribution < -0.4 is 0 Å². The van der Waals surface area contributed by atoms with Crippen molar-refractivity contribution in [2.45, 2.75) is 46.5 Å². The van der Waals surface area contributed by atoms with Crippen LogP contribution in [0.5, 0.6) is 0 Å². The van der Waals surface area contributed by atoms with E-state index in [0.29, 0.717) is 11.8 Å². The molecule has 0 aliphatic rings. The van der Waals surface area contributed by atoms with E-state index < -0.39 is 0 Å². The van der Waals surface area contributed by atoms with Crippen LogP contribution in [-0.2, 0) is 6.42 Å². The SMILES string of the molecule is CC(C)Cc1ccc(C(CCCl)C(C)C)cc1. The molecular formula is C16H25Cl. The van der Waals surface area contributed by atoms with Gasteiger partial charge in [0.1, 0.15) is 0 Å². The largest absolute Gasteiger partial charge is 0.127 e.